The lowest BCUT2D eigenvalue weighted by atomic mass is 10.1. The standard InChI is InChI=1S/C15H24ClN3O/c1-4-17-10-12-7-8-13(16)9-14(12)19(6-3)11-15(20)18-5-2/h7-9,17H,4-6,10-11H2,1-3H3,(H,18,20). The Hall–Kier alpha value is -1.26. The maximum absolute atomic E-state index is 11.8. The summed E-state index contributed by atoms with van der Waals surface area (Å²) in [5.41, 5.74) is 2.18. The molecule has 0 radical (unpaired) electrons. The highest BCUT2D eigenvalue weighted by atomic mass is 35.5. The van der Waals surface area contributed by atoms with E-state index in [1.54, 1.807) is 0 Å². The molecule has 1 amide bonds. The van der Waals surface area contributed by atoms with Crippen LogP contribution in [0.3, 0.4) is 0 Å². The van der Waals surface area contributed by atoms with Crippen molar-refractivity contribution in [3.63, 3.8) is 0 Å². The summed E-state index contributed by atoms with van der Waals surface area (Å²) < 4.78 is 0. The van der Waals surface area contributed by atoms with Crippen LogP contribution < -0.4 is 15.5 Å². The van der Waals surface area contributed by atoms with Gasteiger partial charge in [-0.3, -0.25) is 4.79 Å². The molecule has 2 N–H and O–H groups in total. The summed E-state index contributed by atoms with van der Waals surface area (Å²) in [4.78, 5) is 13.8. The van der Waals surface area contributed by atoms with Crippen molar-refractivity contribution in [3.05, 3.63) is 28.8 Å². The number of hydrogen-bond acceptors (Lipinski definition) is 3. The highest BCUT2D eigenvalue weighted by Crippen LogP contribution is 2.25. The minimum atomic E-state index is 0.0312. The topological polar surface area (TPSA) is 44.4 Å². The van der Waals surface area contributed by atoms with Gasteiger partial charge in [0, 0.05) is 30.3 Å². The van der Waals surface area contributed by atoms with Crippen molar-refractivity contribution < 1.29 is 4.79 Å². The number of anilines is 1. The Morgan fingerprint density at radius 3 is 2.60 bits per heavy atom. The fourth-order valence-corrected chi connectivity index (χ4v) is 2.20. The monoisotopic (exact) mass is 297 g/mol. The molecule has 112 valence electrons. The number of carbonyl (C=O) groups is 1. The van der Waals surface area contributed by atoms with Crippen molar-refractivity contribution in [2.24, 2.45) is 0 Å². The van der Waals surface area contributed by atoms with Crippen LogP contribution in [-0.2, 0) is 11.3 Å². The fraction of sp³-hybridized carbons (Fsp3) is 0.533. The molecule has 20 heavy (non-hydrogen) atoms. The molecule has 1 aromatic rings. The molecule has 0 atom stereocenters. The Morgan fingerprint density at radius 1 is 1.25 bits per heavy atom. The van der Waals surface area contributed by atoms with Crippen LogP contribution in [0.15, 0.2) is 18.2 Å². The Kier molecular flexibility index (Phi) is 7.41. The van der Waals surface area contributed by atoms with E-state index in [4.69, 9.17) is 11.6 Å². The first kappa shape index (κ1) is 16.8. The van der Waals surface area contributed by atoms with E-state index in [9.17, 15) is 4.79 Å². The smallest absolute Gasteiger partial charge is 0.239 e. The van der Waals surface area contributed by atoms with Gasteiger partial charge in [0.25, 0.3) is 0 Å². The van der Waals surface area contributed by atoms with Crippen LogP contribution in [0.4, 0.5) is 5.69 Å². The Labute approximate surface area is 126 Å². The Balaban J connectivity index is 2.93. The van der Waals surface area contributed by atoms with E-state index >= 15 is 0 Å². The van der Waals surface area contributed by atoms with E-state index in [1.165, 1.54) is 0 Å². The molecule has 0 aliphatic rings. The molecule has 0 unspecified atom stereocenters. The van der Waals surface area contributed by atoms with Crippen LogP contribution in [0.5, 0.6) is 0 Å². The van der Waals surface area contributed by atoms with Gasteiger partial charge in [-0.1, -0.05) is 24.6 Å². The first-order valence-corrected chi connectivity index (χ1v) is 7.50. The van der Waals surface area contributed by atoms with Crippen LogP contribution in [-0.4, -0.2) is 32.1 Å². The second-order valence-corrected chi connectivity index (χ2v) is 4.96. The Morgan fingerprint density at radius 2 is 2.00 bits per heavy atom. The number of nitrogens with one attached hydrogen (secondary N) is 2. The molecule has 0 saturated heterocycles. The quantitative estimate of drug-likeness (QED) is 0.774. The molecule has 0 bridgehead atoms. The molecule has 0 fully saturated rings. The number of carbonyl (C=O) groups excluding carboxylic acids is 1. The summed E-state index contributed by atoms with van der Waals surface area (Å²) in [7, 11) is 0. The maximum atomic E-state index is 11.8. The molecule has 0 aliphatic carbocycles. The highest BCUT2D eigenvalue weighted by Gasteiger charge is 2.13. The lowest BCUT2D eigenvalue weighted by molar-refractivity contribution is -0.119. The zero-order chi connectivity index (χ0) is 15.0. The number of nitrogens with zero attached hydrogens (tertiary/aromatic N) is 1. The molecular weight excluding hydrogens is 274 g/mol. The second kappa shape index (κ2) is 8.82. The van der Waals surface area contributed by atoms with Crippen LogP contribution in [0, 0.1) is 0 Å². The van der Waals surface area contributed by atoms with Crippen LogP contribution in [0.25, 0.3) is 0 Å². The van der Waals surface area contributed by atoms with Gasteiger partial charge in [0.2, 0.25) is 5.91 Å². The summed E-state index contributed by atoms with van der Waals surface area (Å²) in [5, 5.41) is 6.83. The van der Waals surface area contributed by atoms with Gasteiger partial charge in [0.15, 0.2) is 0 Å². The SMILES string of the molecule is CCNCc1ccc(Cl)cc1N(CC)CC(=O)NCC. The number of likely N-dealkylation sites (N-methyl/N-ethyl adjacent to an activating group) is 2. The zero-order valence-corrected chi connectivity index (χ0v) is 13.3. The predicted molar refractivity (Wildman–Crippen MR) is 85.4 cm³/mol. The van der Waals surface area contributed by atoms with Gasteiger partial charge in [-0.05, 0) is 38.1 Å². The van der Waals surface area contributed by atoms with Crippen molar-refractivity contribution in [2.45, 2.75) is 27.3 Å². The van der Waals surface area contributed by atoms with Crippen molar-refractivity contribution in [1.29, 1.82) is 0 Å². The molecule has 0 saturated carbocycles. The summed E-state index contributed by atoms with van der Waals surface area (Å²) in [6, 6.07) is 5.83. The van der Waals surface area contributed by atoms with Gasteiger partial charge in [0.1, 0.15) is 0 Å². The summed E-state index contributed by atoms with van der Waals surface area (Å²) in [6.07, 6.45) is 0. The summed E-state index contributed by atoms with van der Waals surface area (Å²) >= 11 is 6.10. The maximum Gasteiger partial charge on any atom is 0.239 e. The first-order chi connectivity index (χ1) is 9.62. The third kappa shape index (κ3) is 5.02. The number of rotatable bonds is 8. The average molecular weight is 298 g/mol. The second-order valence-electron chi connectivity index (χ2n) is 4.52. The van der Waals surface area contributed by atoms with Crippen molar-refractivity contribution in [3.8, 4) is 0 Å². The molecule has 0 aromatic heterocycles. The molecule has 5 heteroatoms. The first-order valence-electron chi connectivity index (χ1n) is 7.13. The highest BCUT2D eigenvalue weighted by molar-refractivity contribution is 6.30. The third-order valence-electron chi connectivity index (χ3n) is 3.04. The molecule has 0 aliphatic heterocycles. The molecular formula is C15H24ClN3O. The normalized spacial score (nSPS) is 10.4. The molecule has 0 spiro atoms. The molecule has 1 aromatic carbocycles. The number of halogens is 1. The minimum absolute atomic E-state index is 0.0312. The van der Waals surface area contributed by atoms with Gasteiger partial charge in [-0.15, -0.1) is 0 Å². The summed E-state index contributed by atoms with van der Waals surface area (Å²) in [5.74, 6) is 0.0312. The van der Waals surface area contributed by atoms with Gasteiger partial charge in [-0.2, -0.15) is 0 Å². The van der Waals surface area contributed by atoms with E-state index < -0.39 is 0 Å². The minimum Gasteiger partial charge on any atom is -0.362 e. The van der Waals surface area contributed by atoms with Gasteiger partial charge < -0.3 is 15.5 Å². The van der Waals surface area contributed by atoms with E-state index in [1.807, 2.05) is 36.9 Å². The molecule has 1 rings (SSSR count). The van der Waals surface area contributed by atoms with Crippen LogP contribution >= 0.6 is 11.6 Å². The van der Waals surface area contributed by atoms with E-state index in [-0.39, 0.29) is 5.91 Å². The predicted octanol–water partition coefficient (Wildman–Crippen LogP) is 2.41. The van der Waals surface area contributed by atoms with E-state index in [2.05, 4.69) is 17.6 Å². The molecule has 0 heterocycles. The molecule has 4 nitrogen and oxygen atoms in total. The van der Waals surface area contributed by atoms with Crippen molar-refractivity contribution in [1.82, 2.24) is 10.6 Å². The van der Waals surface area contributed by atoms with Crippen LogP contribution in [0.1, 0.15) is 26.3 Å². The third-order valence-corrected chi connectivity index (χ3v) is 3.28. The zero-order valence-electron chi connectivity index (χ0n) is 12.5. The van der Waals surface area contributed by atoms with E-state index in [0.29, 0.717) is 18.1 Å². The largest absolute Gasteiger partial charge is 0.362 e. The Bertz CT molecular complexity index is 437. The van der Waals surface area contributed by atoms with Crippen molar-refractivity contribution >= 4 is 23.2 Å². The van der Waals surface area contributed by atoms with E-state index in [0.717, 1.165) is 30.9 Å². The van der Waals surface area contributed by atoms with Crippen LogP contribution in [0.2, 0.25) is 5.02 Å². The van der Waals surface area contributed by atoms with Gasteiger partial charge >= 0.3 is 0 Å². The number of benzene rings is 1. The number of hydrogen-bond donors (Lipinski definition) is 2. The average Bonchev–Trinajstić information content (AvgIpc) is 2.43. The van der Waals surface area contributed by atoms with Crippen molar-refractivity contribution in [2.75, 3.05) is 31.1 Å². The fourth-order valence-electron chi connectivity index (χ4n) is 2.03. The number of amides is 1. The van der Waals surface area contributed by atoms with Gasteiger partial charge in [0.05, 0.1) is 6.54 Å². The lowest BCUT2D eigenvalue weighted by Gasteiger charge is -2.25. The summed E-state index contributed by atoms with van der Waals surface area (Å²) in [6.45, 7) is 9.47. The van der Waals surface area contributed by atoms with Gasteiger partial charge in [-0.25, -0.2) is 0 Å². The lowest BCUT2D eigenvalue weighted by Crippen LogP contribution is -2.37.